The average Bonchev–Trinajstić information content (AvgIpc) is 2.33. The summed E-state index contributed by atoms with van der Waals surface area (Å²) in [6.07, 6.45) is 2.47. The molecule has 2 unspecified atom stereocenters. The van der Waals surface area contributed by atoms with Crippen LogP contribution in [0.3, 0.4) is 0 Å². The van der Waals surface area contributed by atoms with Gasteiger partial charge in [-0.25, -0.2) is 0 Å². The topological polar surface area (TPSA) is 38.5 Å². The maximum absolute atomic E-state index is 6.23. The molecule has 3 heteroatoms. The first-order chi connectivity index (χ1) is 8.63. The van der Waals surface area contributed by atoms with Crippen LogP contribution in [-0.2, 0) is 0 Å². The molecule has 1 fully saturated rings. The molecule has 2 atom stereocenters. The molecule has 0 bridgehead atoms. The molecule has 0 aromatic heterocycles. The maximum atomic E-state index is 6.23. The van der Waals surface area contributed by atoms with E-state index in [1.165, 1.54) is 12.8 Å². The third-order valence-corrected chi connectivity index (χ3v) is 3.79. The van der Waals surface area contributed by atoms with E-state index >= 15 is 0 Å². The molecule has 2 rings (SSSR count). The number of para-hydroxylation sites is 1. The molecule has 100 valence electrons. The lowest BCUT2D eigenvalue weighted by molar-refractivity contribution is 0.341. The number of nitrogen functional groups attached to an aromatic ring is 1. The van der Waals surface area contributed by atoms with Crippen molar-refractivity contribution in [3.63, 3.8) is 0 Å². The zero-order valence-corrected chi connectivity index (χ0v) is 11.6. The third kappa shape index (κ3) is 2.55. The van der Waals surface area contributed by atoms with Gasteiger partial charge in [0, 0.05) is 12.6 Å². The minimum absolute atomic E-state index is 0.549. The molecule has 0 amide bonds. The first-order valence-corrected chi connectivity index (χ1v) is 6.91. The van der Waals surface area contributed by atoms with Crippen molar-refractivity contribution in [3.05, 3.63) is 18.2 Å². The lowest BCUT2D eigenvalue weighted by Crippen LogP contribution is -2.40. The molecule has 0 radical (unpaired) electrons. The van der Waals surface area contributed by atoms with Gasteiger partial charge in [-0.2, -0.15) is 0 Å². The lowest BCUT2D eigenvalue weighted by Gasteiger charge is -2.39. The van der Waals surface area contributed by atoms with Gasteiger partial charge in [0.25, 0.3) is 0 Å². The van der Waals surface area contributed by atoms with Crippen LogP contribution in [0.25, 0.3) is 0 Å². The number of hydrogen-bond donors (Lipinski definition) is 1. The first-order valence-electron chi connectivity index (χ1n) is 6.91. The standard InChI is InChI=1S/C15H24N2O/c1-4-18-14-7-5-6-13(15(14)16)17-9-8-11(2)10-12(17)3/h5-7,11-12H,4,8-10,16H2,1-3H3. The number of nitrogens with zero attached hydrogens (tertiary/aromatic N) is 1. The second-order valence-corrected chi connectivity index (χ2v) is 5.29. The van der Waals surface area contributed by atoms with Crippen LogP contribution in [0.1, 0.15) is 33.6 Å². The predicted octanol–water partition coefficient (Wildman–Crippen LogP) is 3.29. The molecule has 18 heavy (non-hydrogen) atoms. The molecule has 0 saturated carbocycles. The highest BCUT2D eigenvalue weighted by atomic mass is 16.5. The van der Waals surface area contributed by atoms with Crippen molar-refractivity contribution < 1.29 is 4.74 Å². The van der Waals surface area contributed by atoms with Crippen molar-refractivity contribution in [1.82, 2.24) is 0 Å². The predicted molar refractivity (Wildman–Crippen MR) is 77.2 cm³/mol. The van der Waals surface area contributed by atoms with Gasteiger partial charge in [0.05, 0.1) is 18.0 Å². The first kappa shape index (κ1) is 13.1. The molecule has 1 aliphatic rings. The fourth-order valence-electron chi connectivity index (χ4n) is 2.83. The monoisotopic (exact) mass is 248 g/mol. The van der Waals surface area contributed by atoms with Gasteiger partial charge in [0.1, 0.15) is 5.75 Å². The number of nitrogens with two attached hydrogens (primary N) is 1. The van der Waals surface area contributed by atoms with Crippen LogP contribution in [0.2, 0.25) is 0 Å². The zero-order valence-electron chi connectivity index (χ0n) is 11.6. The molecule has 1 aliphatic heterocycles. The molecule has 0 spiro atoms. The van der Waals surface area contributed by atoms with Crippen molar-refractivity contribution in [1.29, 1.82) is 0 Å². The Morgan fingerprint density at radius 2 is 2.17 bits per heavy atom. The molecular weight excluding hydrogens is 224 g/mol. The van der Waals surface area contributed by atoms with E-state index in [0.29, 0.717) is 12.6 Å². The Kier molecular flexibility index (Phi) is 4.00. The van der Waals surface area contributed by atoms with Gasteiger partial charge in [-0.05, 0) is 44.7 Å². The Balaban J connectivity index is 2.25. The Labute approximate surface area is 110 Å². The molecule has 0 aliphatic carbocycles. The highest BCUT2D eigenvalue weighted by molar-refractivity contribution is 5.74. The van der Waals surface area contributed by atoms with Gasteiger partial charge >= 0.3 is 0 Å². The highest BCUT2D eigenvalue weighted by Crippen LogP contribution is 2.36. The molecule has 1 heterocycles. The van der Waals surface area contributed by atoms with E-state index in [-0.39, 0.29) is 0 Å². The third-order valence-electron chi connectivity index (χ3n) is 3.79. The van der Waals surface area contributed by atoms with Gasteiger partial charge in [-0.1, -0.05) is 13.0 Å². The second-order valence-electron chi connectivity index (χ2n) is 5.29. The van der Waals surface area contributed by atoms with E-state index in [1.54, 1.807) is 0 Å². The van der Waals surface area contributed by atoms with Gasteiger partial charge < -0.3 is 15.4 Å². The largest absolute Gasteiger partial charge is 0.492 e. The molecular formula is C15H24N2O. The molecule has 1 aromatic rings. The number of rotatable bonds is 3. The molecule has 2 N–H and O–H groups in total. The van der Waals surface area contributed by atoms with E-state index in [4.69, 9.17) is 10.5 Å². The summed E-state index contributed by atoms with van der Waals surface area (Å²) in [4.78, 5) is 2.41. The maximum Gasteiger partial charge on any atom is 0.144 e. The summed E-state index contributed by atoms with van der Waals surface area (Å²) < 4.78 is 5.57. The number of piperidine rings is 1. The lowest BCUT2D eigenvalue weighted by atomic mass is 9.93. The number of anilines is 2. The summed E-state index contributed by atoms with van der Waals surface area (Å²) in [6.45, 7) is 8.33. The minimum Gasteiger partial charge on any atom is -0.492 e. The number of ether oxygens (including phenoxy) is 1. The van der Waals surface area contributed by atoms with Gasteiger partial charge in [-0.15, -0.1) is 0 Å². The SMILES string of the molecule is CCOc1cccc(N2CCC(C)CC2C)c1N. The summed E-state index contributed by atoms with van der Waals surface area (Å²) in [5, 5.41) is 0. The quantitative estimate of drug-likeness (QED) is 0.834. The van der Waals surface area contributed by atoms with E-state index in [9.17, 15) is 0 Å². The van der Waals surface area contributed by atoms with Crippen molar-refractivity contribution in [2.75, 3.05) is 23.8 Å². The summed E-state index contributed by atoms with van der Waals surface area (Å²) in [7, 11) is 0. The van der Waals surface area contributed by atoms with Crippen molar-refractivity contribution >= 4 is 11.4 Å². The van der Waals surface area contributed by atoms with Crippen LogP contribution in [0.5, 0.6) is 5.75 Å². The summed E-state index contributed by atoms with van der Waals surface area (Å²) in [5.41, 5.74) is 8.13. The fraction of sp³-hybridized carbons (Fsp3) is 0.600. The van der Waals surface area contributed by atoms with Crippen LogP contribution < -0.4 is 15.4 Å². The Morgan fingerprint density at radius 1 is 1.39 bits per heavy atom. The van der Waals surface area contributed by atoms with Gasteiger partial charge in [-0.3, -0.25) is 0 Å². The molecule has 1 aromatic carbocycles. The van der Waals surface area contributed by atoms with E-state index in [2.05, 4.69) is 24.8 Å². The Hall–Kier alpha value is -1.38. The van der Waals surface area contributed by atoms with E-state index in [1.807, 2.05) is 19.1 Å². The van der Waals surface area contributed by atoms with Gasteiger partial charge in [0.2, 0.25) is 0 Å². The second kappa shape index (κ2) is 5.51. The summed E-state index contributed by atoms with van der Waals surface area (Å²) in [5.74, 6) is 1.62. The van der Waals surface area contributed by atoms with Crippen LogP contribution in [0.15, 0.2) is 18.2 Å². The van der Waals surface area contributed by atoms with Gasteiger partial charge in [0.15, 0.2) is 0 Å². The molecule has 1 saturated heterocycles. The van der Waals surface area contributed by atoms with E-state index in [0.717, 1.165) is 29.6 Å². The zero-order chi connectivity index (χ0) is 13.1. The van der Waals surface area contributed by atoms with Crippen molar-refractivity contribution in [2.45, 2.75) is 39.7 Å². The summed E-state index contributed by atoms with van der Waals surface area (Å²) >= 11 is 0. The minimum atomic E-state index is 0.549. The van der Waals surface area contributed by atoms with Crippen LogP contribution >= 0.6 is 0 Å². The smallest absolute Gasteiger partial charge is 0.144 e. The van der Waals surface area contributed by atoms with Crippen molar-refractivity contribution in [2.24, 2.45) is 5.92 Å². The fourth-order valence-corrected chi connectivity index (χ4v) is 2.83. The normalized spacial score (nSPS) is 24.1. The Morgan fingerprint density at radius 3 is 2.83 bits per heavy atom. The molecule has 3 nitrogen and oxygen atoms in total. The summed E-state index contributed by atoms with van der Waals surface area (Å²) in [6, 6.07) is 6.62. The highest BCUT2D eigenvalue weighted by Gasteiger charge is 2.24. The van der Waals surface area contributed by atoms with Crippen LogP contribution in [-0.4, -0.2) is 19.2 Å². The number of benzene rings is 1. The van der Waals surface area contributed by atoms with E-state index < -0.39 is 0 Å². The van der Waals surface area contributed by atoms with Crippen LogP contribution in [0, 0.1) is 5.92 Å². The van der Waals surface area contributed by atoms with Crippen LogP contribution in [0.4, 0.5) is 11.4 Å². The van der Waals surface area contributed by atoms with Crippen molar-refractivity contribution in [3.8, 4) is 5.75 Å². The Bertz CT molecular complexity index is 405. The average molecular weight is 248 g/mol. The number of hydrogen-bond acceptors (Lipinski definition) is 3.